The van der Waals surface area contributed by atoms with Gasteiger partial charge in [0.15, 0.2) is 5.82 Å². The third-order valence-electron chi connectivity index (χ3n) is 4.42. The predicted octanol–water partition coefficient (Wildman–Crippen LogP) is 4.34. The highest BCUT2D eigenvalue weighted by atomic mass is 16.5. The van der Waals surface area contributed by atoms with Gasteiger partial charge >= 0.3 is 0 Å². The number of hydrogen-bond donors (Lipinski definition) is 0. The van der Waals surface area contributed by atoms with Gasteiger partial charge in [-0.1, -0.05) is 24.3 Å². The van der Waals surface area contributed by atoms with Gasteiger partial charge in [-0.15, -0.1) is 0 Å². The maximum absolute atomic E-state index is 5.34. The van der Waals surface area contributed by atoms with Gasteiger partial charge in [-0.25, -0.2) is 9.97 Å². The Kier molecular flexibility index (Phi) is 4.66. The van der Waals surface area contributed by atoms with Crippen LogP contribution in [0.4, 0.5) is 5.82 Å². The summed E-state index contributed by atoms with van der Waals surface area (Å²) in [6.07, 6.45) is 3.54. The number of rotatable bonds is 5. The number of aromatic nitrogens is 3. The molecule has 0 N–H and O–H groups in total. The van der Waals surface area contributed by atoms with Gasteiger partial charge in [-0.05, 0) is 42.0 Å². The largest absolute Gasteiger partial charge is 0.497 e. The number of anilines is 1. The van der Waals surface area contributed by atoms with E-state index in [9.17, 15) is 0 Å². The molecule has 0 amide bonds. The molecule has 0 saturated carbocycles. The van der Waals surface area contributed by atoms with E-state index in [1.54, 1.807) is 19.5 Å². The van der Waals surface area contributed by atoms with Gasteiger partial charge in [0.25, 0.3) is 0 Å². The van der Waals surface area contributed by atoms with Crippen molar-refractivity contribution in [3.63, 3.8) is 0 Å². The van der Waals surface area contributed by atoms with Crippen LogP contribution in [0.5, 0.6) is 5.75 Å². The van der Waals surface area contributed by atoms with Crippen LogP contribution in [0.25, 0.3) is 22.3 Å². The quantitative estimate of drug-likeness (QED) is 0.532. The molecule has 27 heavy (non-hydrogen) atoms. The molecule has 0 fully saturated rings. The molecule has 4 aromatic rings. The van der Waals surface area contributed by atoms with Gasteiger partial charge in [-0.3, -0.25) is 4.98 Å². The number of para-hydroxylation sites is 1. The van der Waals surface area contributed by atoms with Crippen LogP contribution in [-0.4, -0.2) is 29.1 Å². The maximum atomic E-state index is 5.34. The van der Waals surface area contributed by atoms with Crippen molar-refractivity contribution < 1.29 is 4.74 Å². The van der Waals surface area contributed by atoms with Gasteiger partial charge in [0.2, 0.25) is 0 Å². The van der Waals surface area contributed by atoms with E-state index in [1.807, 2.05) is 55.6 Å². The fourth-order valence-electron chi connectivity index (χ4n) is 3.09. The molecule has 0 bridgehead atoms. The molecule has 0 aliphatic rings. The molecule has 2 aromatic carbocycles. The van der Waals surface area contributed by atoms with Crippen LogP contribution in [0, 0.1) is 0 Å². The minimum atomic E-state index is 0.675. The molecular formula is C22H20N4O. The van der Waals surface area contributed by atoms with Gasteiger partial charge in [-0.2, -0.15) is 0 Å². The second-order valence-electron chi connectivity index (χ2n) is 6.34. The molecule has 0 spiro atoms. The highest BCUT2D eigenvalue weighted by Crippen LogP contribution is 2.28. The summed E-state index contributed by atoms with van der Waals surface area (Å²) in [4.78, 5) is 15.9. The summed E-state index contributed by atoms with van der Waals surface area (Å²) in [7, 11) is 3.72. The summed E-state index contributed by atoms with van der Waals surface area (Å²) < 4.78 is 5.34. The van der Waals surface area contributed by atoms with E-state index in [2.05, 4.69) is 22.0 Å². The zero-order chi connectivity index (χ0) is 18.6. The molecule has 2 heterocycles. The summed E-state index contributed by atoms with van der Waals surface area (Å²) in [5, 5.41) is 1.02. The van der Waals surface area contributed by atoms with Crippen LogP contribution in [0.2, 0.25) is 0 Å². The van der Waals surface area contributed by atoms with Crippen LogP contribution in [0.1, 0.15) is 5.56 Å². The van der Waals surface area contributed by atoms with Gasteiger partial charge in [0.05, 0.1) is 12.6 Å². The molecule has 2 aromatic heterocycles. The third-order valence-corrected chi connectivity index (χ3v) is 4.42. The molecule has 5 heteroatoms. The first kappa shape index (κ1) is 17.0. The first-order valence-electron chi connectivity index (χ1n) is 8.76. The van der Waals surface area contributed by atoms with Crippen molar-refractivity contribution in [1.29, 1.82) is 0 Å². The van der Waals surface area contributed by atoms with Crippen molar-refractivity contribution in [3.8, 4) is 17.1 Å². The van der Waals surface area contributed by atoms with E-state index in [0.29, 0.717) is 12.4 Å². The zero-order valence-electron chi connectivity index (χ0n) is 15.3. The summed E-state index contributed by atoms with van der Waals surface area (Å²) in [5.74, 6) is 2.42. The summed E-state index contributed by atoms with van der Waals surface area (Å²) in [6.45, 7) is 0.713. The minimum Gasteiger partial charge on any atom is -0.497 e. The van der Waals surface area contributed by atoms with Crippen LogP contribution in [0.15, 0.2) is 73.1 Å². The Hall–Kier alpha value is -3.47. The van der Waals surface area contributed by atoms with E-state index in [4.69, 9.17) is 14.7 Å². The second kappa shape index (κ2) is 7.41. The number of pyridine rings is 1. The van der Waals surface area contributed by atoms with Crippen molar-refractivity contribution in [2.45, 2.75) is 6.54 Å². The lowest BCUT2D eigenvalue weighted by Gasteiger charge is -2.21. The SMILES string of the molecule is COc1cccc(CN(C)c2nc(-c3cccnc3)nc3ccccc23)c1. The fraction of sp³-hybridized carbons (Fsp3) is 0.136. The van der Waals surface area contributed by atoms with Crippen LogP contribution < -0.4 is 9.64 Å². The number of benzene rings is 2. The predicted molar refractivity (Wildman–Crippen MR) is 108 cm³/mol. The van der Waals surface area contributed by atoms with E-state index in [-0.39, 0.29) is 0 Å². The number of fused-ring (bicyclic) bond motifs is 1. The minimum absolute atomic E-state index is 0.675. The van der Waals surface area contributed by atoms with E-state index in [0.717, 1.165) is 33.6 Å². The average Bonchev–Trinajstić information content (AvgIpc) is 2.73. The zero-order valence-corrected chi connectivity index (χ0v) is 15.3. The second-order valence-corrected chi connectivity index (χ2v) is 6.34. The lowest BCUT2D eigenvalue weighted by Crippen LogP contribution is -2.18. The van der Waals surface area contributed by atoms with Crippen molar-refractivity contribution in [1.82, 2.24) is 15.0 Å². The number of nitrogens with zero attached hydrogens (tertiary/aromatic N) is 4. The molecule has 0 radical (unpaired) electrons. The van der Waals surface area contributed by atoms with Crippen molar-refractivity contribution in [2.75, 3.05) is 19.1 Å². The lowest BCUT2D eigenvalue weighted by molar-refractivity contribution is 0.414. The first-order valence-corrected chi connectivity index (χ1v) is 8.76. The highest BCUT2D eigenvalue weighted by Gasteiger charge is 2.13. The molecule has 4 rings (SSSR count). The Bertz CT molecular complexity index is 1070. The summed E-state index contributed by atoms with van der Waals surface area (Å²) >= 11 is 0. The molecule has 0 atom stereocenters. The Morgan fingerprint density at radius 1 is 0.963 bits per heavy atom. The molecular weight excluding hydrogens is 336 g/mol. The molecule has 0 saturated heterocycles. The average molecular weight is 356 g/mol. The fourth-order valence-corrected chi connectivity index (χ4v) is 3.09. The molecule has 134 valence electrons. The monoisotopic (exact) mass is 356 g/mol. The number of methoxy groups -OCH3 is 1. The Labute approximate surface area is 158 Å². The van der Waals surface area contributed by atoms with E-state index >= 15 is 0 Å². The van der Waals surface area contributed by atoms with Gasteiger partial charge in [0, 0.05) is 36.9 Å². The Morgan fingerprint density at radius 2 is 1.85 bits per heavy atom. The van der Waals surface area contributed by atoms with Crippen molar-refractivity contribution in [3.05, 3.63) is 78.6 Å². The van der Waals surface area contributed by atoms with Crippen LogP contribution >= 0.6 is 0 Å². The third kappa shape index (κ3) is 3.58. The van der Waals surface area contributed by atoms with Crippen molar-refractivity contribution in [2.24, 2.45) is 0 Å². The normalized spacial score (nSPS) is 10.7. The van der Waals surface area contributed by atoms with Crippen LogP contribution in [0.3, 0.4) is 0 Å². The standard InChI is InChI=1S/C22H20N4O/c1-26(15-16-7-5-9-18(13-16)27-2)22-19-10-3-4-11-20(19)24-21(25-22)17-8-6-12-23-14-17/h3-14H,15H2,1-2H3. The lowest BCUT2D eigenvalue weighted by atomic mass is 10.1. The van der Waals surface area contributed by atoms with E-state index in [1.165, 1.54) is 0 Å². The van der Waals surface area contributed by atoms with Gasteiger partial charge < -0.3 is 9.64 Å². The number of ether oxygens (including phenoxy) is 1. The maximum Gasteiger partial charge on any atom is 0.163 e. The van der Waals surface area contributed by atoms with Crippen LogP contribution in [-0.2, 0) is 6.54 Å². The molecule has 0 unspecified atom stereocenters. The first-order chi connectivity index (χ1) is 13.2. The van der Waals surface area contributed by atoms with E-state index < -0.39 is 0 Å². The molecule has 5 nitrogen and oxygen atoms in total. The van der Waals surface area contributed by atoms with Crippen molar-refractivity contribution >= 4 is 16.7 Å². The van der Waals surface area contributed by atoms with Gasteiger partial charge in [0.1, 0.15) is 11.6 Å². The number of hydrogen-bond acceptors (Lipinski definition) is 5. The highest BCUT2D eigenvalue weighted by molar-refractivity contribution is 5.90. The Morgan fingerprint density at radius 3 is 2.67 bits per heavy atom. The smallest absolute Gasteiger partial charge is 0.163 e. The summed E-state index contributed by atoms with van der Waals surface area (Å²) in [5.41, 5.74) is 2.97. The molecule has 0 aliphatic carbocycles. The Balaban J connectivity index is 1.77. The topological polar surface area (TPSA) is 51.1 Å². The molecule has 0 aliphatic heterocycles. The summed E-state index contributed by atoms with van der Waals surface area (Å²) in [6, 6.07) is 20.0.